The van der Waals surface area contributed by atoms with Crippen LogP contribution in [-0.4, -0.2) is 19.5 Å². The van der Waals surface area contributed by atoms with E-state index in [0.717, 1.165) is 17.0 Å². The van der Waals surface area contributed by atoms with E-state index in [1.807, 2.05) is 12.1 Å². The summed E-state index contributed by atoms with van der Waals surface area (Å²) < 4.78 is 7.77. The van der Waals surface area contributed by atoms with Crippen molar-refractivity contribution in [3.63, 3.8) is 0 Å². The highest BCUT2D eigenvalue weighted by Gasteiger charge is 2.24. The van der Waals surface area contributed by atoms with Crippen LogP contribution < -0.4 is 10.3 Å². The first-order chi connectivity index (χ1) is 11.1. The molecule has 23 heavy (non-hydrogen) atoms. The second-order valence-electron chi connectivity index (χ2n) is 5.12. The number of nitrogens with zero attached hydrogens (tertiary/aromatic N) is 4. The minimum atomic E-state index is -0.181. The maximum atomic E-state index is 12.6. The molecular weight excluding hydrogens is 360 g/mol. The Morgan fingerprint density at radius 1 is 1.26 bits per heavy atom. The summed E-state index contributed by atoms with van der Waals surface area (Å²) in [5, 5.41) is 0. The van der Waals surface area contributed by atoms with Crippen LogP contribution >= 0.6 is 15.9 Å². The average Bonchev–Trinajstić information content (AvgIpc) is 2.57. The summed E-state index contributed by atoms with van der Waals surface area (Å²) in [7, 11) is 0. The fourth-order valence-corrected chi connectivity index (χ4v) is 3.00. The van der Waals surface area contributed by atoms with Gasteiger partial charge in [0.15, 0.2) is 0 Å². The fourth-order valence-electron chi connectivity index (χ4n) is 2.60. The number of aromatic nitrogens is 4. The van der Waals surface area contributed by atoms with E-state index in [-0.39, 0.29) is 12.2 Å². The molecule has 1 aliphatic heterocycles. The Morgan fingerprint density at radius 3 is 2.83 bits per heavy atom. The third-order valence-corrected chi connectivity index (χ3v) is 4.24. The zero-order chi connectivity index (χ0) is 16.0. The third kappa shape index (κ3) is 2.24. The largest absolute Gasteiger partial charge is 0.485 e. The van der Waals surface area contributed by atoms with Crippen molar-refractivity contribution in [1.29, 1.82) is 0 Å². The Morgan fingerprint density at radius 2 is 2.04 bits per heavy atom. The number of rotatable bonds is 1. The minimum Gasteiger partial charge on any atom is -0.485 e. The van der Waals surface area contributed by atoms with Gasteiger partial charge in [0.05, 0.1) is 28.2 Å². The molecule has 0 N–H and O–H groups in total. The van der Waals surface area contributed by atoms with Gasteiger partial charge in [0.25, 0.3) is 5.56 Å². The van der Waals surface area contributed by atoms with Crippen molar-refractivity contribution in [3.05, 3.63) is 63.1 Å². The van der Waals surface area contributed by atoms with Crippen molar-refractivity contribution >= 4 is 15.9 Å². The molecule has 3 aromatic rings. The Labute approximate surface area is 140 Å². The Bertz CT molecular complexity index is 967. The summed E-state index contributed by atoms with van der Waals surface area (Å²) in [6.07, 6.45) is 4.96. The first-order valence-electron chi connectivity index (χ1n) is 6.97. The van der Waals surface area contributed by atoms with Gasteiger partial charge in [-0.1, -0.05) is 0 Å². The zero-order valence-electron chi connectivity index (χ0n) is 12.2. The lowest BCUT2D eigenvalue weighted by molar-refractivity contribution is 0.292. The normalized spacial score (nSPS) is 12.3. The molecule has 114 valence electrons. The lowest BCUT2D eigenvalue weighted by atomic mass is 10.1. The predicted octanol–water partition coefficient (Wildman–Crippen LogP) is 2.65. The molecule has 0 aliphatic carbocycles. The van der Waals surface area contributed by atoms with Crippen molar-refractivity contribution in [2.45, 2.75) is 13.5 Å². The predicted molar refractivity (Wildman–Crippen MR) is 87.6 cm³/mol. The molecule has 0 atom stereocenters. The van der Waals surface area contributed by atoms with Gasteiger partial charge < -0.3 is 4.74 Å². The summed E-state index contributed by atoms with van der Waals surface area (Å²) in [5.74, 6) is 1.35. The maximum absolute atomic E-state index is 12.6. The Balaban J connectivity index is 2.04. The van der Waals surface area contributed by atoms with Crippen molar-refractivity contribution in [2.75, 3.05) is 0 Å². The van der Waals surface area contributed by atoms with Gasteiger partial charge in [0.1, 0.15) is 23.9 Å². The lowest BCUT2D eigenvalue weighted by Crippen LogP contribution is -2.26. The van der Waals surface area contributed by atoms with Crippen LogP contribution in [0.1, 0.15) is 11.5 Å². The monoisotopic (exact) mass is 370 g/mol. The van der Waals surface area contributed by atoms with E-state index in [0.29, 0.717) is 21.7 Å². The van der Waals surface area contributed by atoms with Gasteiger partial charge in [-0.15, -0.1) is 0 Å². The summed E-state index contributed by atoms with van der Waals surface area (Å²) in [6.45, 7) is 2.08. The molecule has 0 aromatic carbocycles. The molecule has 6 nitrogen and oxygen atoms in total. The molecule has 0 radical (unpaired) electrons. The van der Waals surface area contributed by atoms with Gasteiger partial charge in [0, 0.05) is 11.8 Å². The molecule has 0 unspecified atom stereocenters. The van der Waals surface area contributed by atoms with Gasteiger partial charge in [-0.05, 0) is 41.1 Å². The Hall–Kier alpha value is -2.54. The number of ether oxygens (including phenoxy) is 1. The highest BCUT2D eigenvalue weighted by atomic mass is 79.9. The molecule has 4 rings (SSSR count). The van der Waals surface area contributed by atoms with Gasteiger partial charge >= 0.3 is 0 Å². The number of aryl methyl sites for hydroxylation is 1. The lowest BCUT2D eigenvalue weighted by Gasteiger charge is -2.23. The van der Waals surface area contributed by atoms with Crippen molar-refractivity contribution < 1.29 is 4.74 Å². The average molecular weight is 371 g/mol. The van der Waals surface area contributed by atoms with Crippen LogP contribution in [0.15, 0.2) is 46.1 Å². The van der Waals surface area contributed by atoms with Crippen molar-refractivity contribution in [2.24, 2.45) is 0 Å². The molecule has 0 amide bonds. The standard InChI is InChI=1S/C16H11BrN4O2/c1-9-19-6-10(7-20-9)21-13-8-23-14-3-2-4-18-15(14)11(13)5-12(17)16(21)22/h2-7H,8H2,1H3. The van der Waals surface area contributed by atoms with Crippen LogP contribution in [0.3, 0.4) is 0 Å². The SMILES string of the molecule is Cc1ncc(-n2c3c(cc(Br)c2=O)-c2ncccc2OC3)cn1. The molecule has 0 bridgehead atoms. The Kier molecular flexibility index (Phi) is 3.23. The van der Waals surface area contributed by atoms with E-state index in [1.54, 1.807) is 36.1 Å². The van der Waals surface area contributed by atoms with Gasteiger partial charge in [-0.2, -0.15) is 0 Å². The highest BCUT2D eigenvalue weighted by Crippen LogP contribution is 2.36. The molecule has 0 spiro atoms. The molecule has 0 fully saturated rings. The van der Waals surface area contributed by atoms with Crippen LogP contribution in [0.5, 0.6) is 5.75 Å². The van der Waals surface area contributed by atoms with Gasteiger partial charge in [0.2, 0.25) is 0 Å². The van der Waals surface area contributed by atoms with E-state index in [4.69, 9.17) is 4.74 Å². The summed E-state index contributed by atoms with van der Waals surface area (Å²) in [6, 6.07) is 5.48. The quantitative estimate of drug-likeness (QED) is 0.658. The number of fused-ring (bicyclic) bond motifs is 3. The van der Waals surface area contributed by atoms with Crippen LogP contribution in [0, 0.1) is 6.92 Å². The zero-order valence-corrected chi connectivity index (χ0v) is 13.7. The number of hydrogen-bond donors (Lipinski definition) is 0. The second-order valence-corrected chi connectivity index (χ2v) is 5.97. The minimum absolute atomic E-state index is 0.181. The fraction of sp³-hybridized carbons (Fsp3) is 0.125. The molecule has 0 saturated carbocycles. The van der Waals surface area contributed by atoms with Crippen LogP contribution in [0.2, 0.25) is 0 Å². The number of pyridine rings is 2. The van der Waals surface area contributed by atoms with Crippen LogP contribution in [0.25, 0.3) is 16.9 Å². The van der Waals surface area contributed by atoms with Crippen LogP contribution in [-0.2, 0) is 6.61 Å². The number of halogens is 1. The second kappa shape index (κ2) is 5.27. The summed E-state index contributed by atoms with van der Waals surface area (Å²) >= 11 is 3.35. The smallest absolute Gasteiger partial charge is 0.269 e. The van der Waals surface area contributed by atoms with E-state index >= 15 is 0 Å². The highest BCUT2D eigenvalue weighted by molar-refractivity contribution is 9.10. The molecule has 7 heteroatoms. The van der Waals surface area contributed by atoms with Crippen molar-refractivity contribution in [1.82, 2.24) is 19.5 Å². The van der Waals surface area contributed by atoms with E-state index < -0.39 is 0 Å². The topological polar surface area (TPSA) is 69.9 Å². The van der Waals surface area contributed by atoms with Crippen molar-refractivity contribution in [3.8, 4) is 22.7 Å². The molecular formula is C16H11BrN4O2. The van der Waals surface area contributed by atoms with E-state index in [1.165, 1.54) is 0 Å². The van der Waals surface area contributed by atoms with E-state index in [2.05, 4.69) is 30.9 Å². The maximum Gasteiger partial charge on any atom is 0.269 e. The molecule has 4 heterocycles. The molecule has 3 aromatic heterocycles. The first-order valence-corrected chi connectivity index (χ1v) is 7.76. The molecule has 1 aliphatic rings. The van der Waals surface area contributed by atoms with E-state index in [9.17, 15) is 4.79 Å². The molecule has 0 saturated heterocycles. The summed E-state index contributed by atoms with van der Waals surface area (Å²) in [5.41, 5.74) is 2.73. The van der Waals surface area contributed by atoms with Gasteiger partial charge in [-0.25, -0.2) is 9.97 Å². The van der Waals surface area contributed by atoms with Crippen LogP contribution in [0.4, 0.5) is 0 Å². The van der Waals surface area contributed by atoms with Gasteiger partial charge in [-0.3, -0.25) is 14.3 Å². The third-order valence-electron chi connectivity index (χ3n) is 3.67. The first kappa shape index (κ1) is 14.1. The number of hydrogen-bond acceptors (Lipinski definition) is 5. The summed E-state index contributed by atoms with van der Waals surface area (Å²) in [4.78, 5) is 25.4.